The summed E-state index contributed by atoms with van der Waals surface area (Å²) in [5.74, 6) is 0.168. The Morgan fingerprint density at radius 3 is 2.50 bits per heavy atom. The fourth-order valence-electron chi connectivity index (χ4n) is 1.82. The Morgan fingerprint density at radius 2 is 2.00 bits per heavy atom. The van der Waals surface area contributed by atoms with Crippen LogP contribution < -0.4 is 5.73 Å². The number of hydrogen-bond donors (Lipinski definition) is 1. The highest BCUT2D eigenvalue weighted by Crippen LogP contribution is 2.10. The maximum atomic E-state index is 12.1. The average molecular weight is 246 g/mol. The molecule has 0 fully saturated rings. The minimum atomic E-state index is 0.168. The van der Waals surface area contributed by atoms with E-state index in [1.54, 1.807) is 6.08 Å². The number of amides is 1. The van der Waals surface area contributed by atoms with Crippen molar-refractivity contribution < 1.29 is 4.79 Å². The van der Waals surface area contributed by atoms with Crippen molar-refractivity contribution in [3.05, 3.63) is 42.5 Å². The van der Waals surface area contributed by atoms with Gasteiger partial charge >= 0.3 is 0 Å². The molecule has 18 heavy (non-hydrogen) atoms. The van der Waals surface area contributed by atoms with E-state index in [4.69, 9.17) is 5.73 Å². The third-order valence-electron chi connectivity index (χ3n) is 2.88. The molecule has 0 aliphatic rings. The highest BCUT2D eigenvalue weighted by Gasteiger charge is 2.14. The van der Waals surface area contributed by atoms with E-state index in [1.165, 1.54) is 0 Å². The van der Waals surface area contributed by atoms with Gasteiger partial charge in [-0.15, -0.1) is 6.58 Å². The summed E-state index contributed by atoms with van der Waals surface area (Å²) in [6.07, 6.45) is 3.04. The number of rotatable bonds is 6. The van der Waals surface area contributed by atoms with E-state index in [0.29, 0.717) is 13.0 Å². The Labute approximate surface area is 109 Å². The van der Waals surface area contributed by atoms with Crippen LogP contribution >= 0.6 is 0 Å². The van der Waals surface area contributed by atoms with Crippen molar-refractivity contribution in [2.45, 2.75) is 32.7 Å². The number of nitrogen functional groups attached to an aromatic ring is 1. The molecule has 1 amide bonds. The van der Waals surface area contributed by atoms with Gasteiger partial charge in [-0.2, -0.15) is 0 Å². The third-order valence-corrected chi connectivity index (χ3v) is 2.88. The lowest BCUT2D eigenvalue weighted by Crippen LogP contribution is -2.37. The molecule has 0 unspecified atom stereocenters. The summed E-state index contributed by atoms with van der Waals surface area (Å²) in [4.78, 5) is 13.9. The number of hydrogen-bond acceptors (Lipinski definition) is 2. The minimum Gasteiger partial charge on any atom is -0.399 e. The van der Waals surface area contributed by atoms with Crippen LogP contribution in [0, 0.1) is 0 Å². The van der Waals surface area contributed by atoms with Crippen LogP contribution in [0.2, 0.25) is 0 Å². The van der Waals surface area contributed by atoms with E-state index in [0.717, 1.165) is 17.7 Å². The summed E-state index contributed by atoms with van der Waals surface area (Å²) < 4.78 is 0. The topological polar surface area (TPSA) is 46.3 Å². The minimum absolute atomic E-state index is 0.168. The van der Waals surface area contributed by atoms with Crippen LogP contribution in [0.25, 0.3) is 0 Å². The molecule has 2 N–H and O–H groups in total. The highest BCUT2D eigenvalue weighted by atomic mass is 16.2. The first-order valence-electron chi connectivity index (χ1n) is 6.29. The second-order valence-electron chi connectivity index (χ2n) is 4.67. The largest absolute Gasteiger partial charge is 0.399 e. The average Bonchev–Trinajstić information content (AvgIpc) is 2.34. The van der Waals surface area contributed by atoms with Gasteiger partial charge < -0.3 is 10.6 Å². The summed E-state index contributed by atoms with van der Waals surface area (Å²) in [5, 5.41) is 0. The van der Waals surface area contributed by atoms with Crippen molar-refractivity contribution in [3.63, 3.8) is 0 Å². The fraction of sp³-hybridized carbons (Fsp3) is 0.400. The molecule has 1 aromatic rings. The second kappa shape index (κ2) is 6.84. The van der Waals surface area contributed by atoms with E-state index in [2.05, 4.69) is 6.58 Å². The normalized spacial score (nSPS) is 10.4. The van der Waals surface area contributed by atoms with Crippen LogP contribution in [0.15, 0.2) is 36.9 Å². The van der Waals surface area contributed by atoms with Gasteiger partial charge in [0.2, 0.25) is 5.91 Å². The molecule has 3 heteroatoms. The fourth-order valence-corrected chi connectivity index (χ4v) is 1.82. The first-order chi connectivity index (χ1) is 8.54. The van der Waals surface area contributed by atoms with Gasteiger partial charge in [-0.1, -0.05) is 18.2 Å². The zero-order valence-corrected chi connectivity index (χ0v) is 11.2. The molecule has 0 radical (unpaired) electrons. The summed E-state index contributed by atoms with van der Waals surface area (Å²) >= 11 is 0. The Morgan fingerprint density at radius 1 is 1.39 bits per heavy atom. The van der Waals surface area contributed by atoms with Crippen LogP contribution in [0.3, 0.4) is 0 Å². The molecule has 0 saturated carbocycles. The predicted octanol–water partition coefficient (Wildman–Crippen LogP) is 2.62. The van der Waals surface area contributed by atoms with Crippen LogP contribution in [0.1, 0.15) is 25.8 Å². The van der Waals surface area contributed by atoms with Gasteiger partial charge in [0.05, 0.1) is 0 Å². The molecular formula is C15H22N2O. The summed E-state index contributed by atoms with van der Waals surface area (Å²) in [6, 6.07) is 7.88. The molecule has 0 heterocycles. The number of anilines is 1. The molecule has 3 nitrogen and oxygen atoms in total. The third kappa shape index (κ3) is 4.24. The van der Waals surface area contributed by atoms with Gasteiger partial charge in [-0.25, -0.2) is 0 Å². The zero-order chi connectivity index (χ0) is 13.5. The smallest absolute Gasteiger partial charge is 0.223 e. The lowest BCUT2D eigenvalue weighted by Gasteiger charge is -2.25. The molecular weight excluding hydrogens is 224 g/mol. The zero-order valence-electron chi connectivity index (χ0n) is 11.2. The van der Waals surface area contributed by atoms with Crippen molar-refractivity contribution >= 4 is 11.6 Å². The quantitative estimate of drug-likeness (QED) is 0.619. The van der Waals surface area contributed by atoms with Crippen molar-refractivity contribution in [2.75, 3.05) is 12.3 Å². The van der Waals surface area contributed by atoms with E-state index >= 15 is 0 Å². The van der Waals surface area contributed by atoms with Gasteiger partial charge in [0, 0.05) is 24.7 Å². The Balaban J connectivity index is 2.53. The van der Waals surface area contributed by atoms with E-state index in [1.807, 2.05) is 43.0 Å². The molecule has 98 valence electrons. The number of benzene rings is 1. The van der Waals surface area contributed by atoms with Crippen molar-refractivity contribution in [3.8, 4) is 0 Å². The lowest BCUT2D eigenvalue weighted by molar-refractivity contribution is -0.132. The number of carbonyl (C=O) groups is 1. The molecule has 1 rings (SSSR count). The number of nitrogens with two attached hydrogens (primary N) is 1. The summed E-state index contributed by atoms with van der Waals surface area (Å²) in [5.41, 5.74) is 7.51. The van der Waals surface area contributed by atoms with Gasteiger partial charge in [0.15, 0.2) is 0 Å². The molecule has 0 aliphatic carbocycles. The van der Waals surface area contributed by atoms with Crippen LogP contribution in [0.5, 0.6) is 0 Å². The van der Waals surface area contributed by atoms with Crippen LogP contribution in [-0.4, -0.2) is 23.4 Å². The molecule has 0 spiro atoms. The Bertz CT molecular complexity index is 395. The van der Waals surface area contributed by atoms with E-state index < -0.39 is 0 Å². The van der Waals surface area contributed by atoms with Gasteiger partial charge in [0.1, 0.15) is 0 Å². The summed E-state index contributed by atoms with van der Waals surface area (Å²) in [7, 11) is 0. The number of aryl methyl sites for hydroxylation is 1. The van der Waals surface area contributed by atoms with Gasteiger partial charge in [-0.05, 0) is 38.0 Å². The predicted molar refractivity (Wildman–Crippen MR) is 76.2 cm³/mol. The highest BCUT2D eigenvalue weighted by molar-refractivity contribution is 5.76. The molecule has 0 atom stereocenters. The standard InChI is InChI=1S/C15H22N2O/c1-4-11-17(12(2)3)15(18)10-7-13-5-8-14(16)9-6-13/h4-6,8-9,12H,1,7,10-11,16H2,2-3H3. The maximum Gasteiger partial charge on any atom is 0.223 e. The number of carbonyl (C=O) groups excluding carboxylic acids is 1. The van der Waals surface area contributed by atoms with Crippen molar-refractivity contribution in [1.29, 1.82) is 0 Å². The lowest BCUT2D eigenvalue weighted by atomic mass is 10.1. The van der Waals surface area contributed by atoms with Crippen molar-refractivity contribution in [2.24, 2.45) is 0 Å². The Hall–Kier alpha value is -1.77. The van der Waals surface area contributed by atoms with Gasteiger partial charge in [0.25, 0.3) is 0 Å². The van der Waals surface area contributed by atoms with Crippen LogP contribution in [-0.2, 0) is 11.2 Å². The first kappa shape index (κ1) is 14.3. The molecule has 1 aromatic carbocycles. The van der Waals surface area contributed by atoms with E-state index in [-0.39, 0.29) is 11.9 Å². The molecule has 0 bridgehead atoms. The first-order valence-corrected chi connectivity index (χ1v) is 6.29. The number of nitrogens with zero attached hydrogens (tertiary/aromatic N) is 1. The summed E-state index contributed by atoms with van der Waals surface area (Å²) in [6.45, 7) is 8.33. The van der Waals surface area contributed by atoms with Crippen LogP contribution in [0.4, 0.5) is 5.69 Å². The molecule has 0 aromatic heterocycles. The van der Waals surface area contributed by atoms with E-state index in [9.17, 15) is 4.79 Å². The SMILES string of the molecule is C=CCN(C(=O)CCc1ccc(N)cc1)C(C)C. The molecule has 0 aliphatic heterocycles. The molecule has 0 saturated heterocycles. The maximum absolute atomic E-state index is 12.1. The van der Waals surface area contributed by atoms with Crippen molar-refractivity contribution in [1.82, 2.24) is 4.90 Å². The second-order valence-corrected chi connectivity index (χ2v) is 4.67. The van der Waals surface area contributed by atoms with Gasteiger partial charge in [-0.3, -0.25) is 4.79 Å². The Kier molecular flexibility index (Phi) is 5.43. The monoisotopic (exact) mass is 246 g/mol.